The predicted molar refractivity (Wildman–Crippen MR) is 82.6 cm³/mol. The lowest BCUT2D eigenvalue weighted by Crippen LogP contribution is -1.94. The van der Waals surface area contributed by atoms with Gasteiger partial charge in [-0.25, -0.2) is 0 Å². The molecule has 2 aromatic carbocycles. The molecule has 0 heterocycles. The van der Waals surface area contributed by atoms with Crippen LogP contribution in [0, 0.1) is 11.8 Å². The van der Waals surface area contributed by atoms with Crippen LogP contribution >= 0.6 is 8.53 Å². The summed E-state index contributed by atoms with van der Waals surface area (Å²) < 4.78 is 0. The zero-order valence-electron chi connectivity index (χ0n) is 11.0. The van der Waals surface area contributed by atoms with Gasteiger partial charge in [0.1, 0.15) is 0 Å². The van der Waals surface area contributed by atoms with E-state index in [1.54, 1.807) is 0 Å². The number of fused-ring (bicyclic) bond motifs is 3. The van der Waals surface area contributed by atoms with E-state index in [2.05, 4.69) is 65.9 Å². The fourth-order valence-corrected chi connectivity index (χ4v) is 2.18. The fourth-order valence-electron chi connectivity index (χ4n) is 2.18. The van der Waals surface area contributed by atoms with Crippen molar-refractivity contribution < 1.29 is 9.79 Å². The molecular formula is C16H16NO2P. The van der Waals surface area contributed by atoms with Crippen molar-refractivity contribution in [1.29, 1.82) is 0 Å². The molecule has 0 fully saturated rings. The molecule has 1 aliphatic rings. The third-order valence-electron chi connectivity index (χ3n) is 2.98. The molecule has 0 spiro atoms. The minimum absolute atomic E-state index is 0.950. The average Bonchev–Trinajstić information content (AvgIpc) is 2.41. The first-order valence-electron chi connectivity index (χ1n) is 6.27. The summed E-state index contributed by atoms with van der Waals surface area (Å²) in [4.78, 5) is 14.9. The Labute approximate surface area is 120 Å². The van der Waals surface area contributed by atoms with Gasteiger partial charge in [0.15, 0.2) is 0 Å². The van der Waals surface area contributed by atoms with Crippen LogP contribution in [0.25, 0.3) is 11.1 Å². The molecular weight excluding hydrogens is 269 g/mol. The normalized spacial score (nSPS) is 11.8. The van der Waals surface area contributed by atoms with Crippen LogP contribution in [-0.2, 0) is 6.42 Å². The van der Waals surface area contributed by atoms with E-state index in [-0.39, 0.29) is 0 Å². The Morgan fingerprint density at radius 2 is 1.55 bits per heavy atom. The Bertz CT molecular complexity index is 641. The summed E-state index contributed by atoms with van der Waals surface area (Å²) in [6, 6.07) is 17.0. The molecule has 0 bridgehead atoms. The quantitative estimate of drug-likeness (QED) is 0.515. The van der Waals surface area contributed by atoms with Crippen LogP contribution in [0.5, 0.6) is 0 Å². The van der Waals surface area contributed by atoms with Gasteiger partial charge in [0.2, 0.25) is 8.53 Å². The van der Waals surface area contributed by atoms with Crippen LogP contribution in [0.1, 0.15) is 17.5 Å². The smallest absolute Gasteiger partial charge is 0.247 e. The van der Waals surface area contributed by atoms with Gasteiger partial charge < -0.3 is 9.79 Å². The Kier molecular flexibility index (Phi) is 5.29. The molecule has 0 aliphatic heterocycles. The molecule has 0 saturated carbocycles. The Morgan fingerprint density at radius 1 is 0.950 bits per heavy atom. The first-order chi connectivity index (χ1) is 9.68. The largest absolute Gasteiger partial charge is 0.338 e. The van der Waals surface area contributed by atoms with Crippen LogP contribution in [0.3, 0.4) is 0 Å². The van der Waals surface area contributed by atoms with Gasteiger partial charge in [-0.2, -0.15) is 0 Å². The van der Waals surface area contributed by atoms with Crippen molar-refractivity contribution in [1.82, 2.24) is 0 Å². The summed E-state index contributed by atoms with van der Waals surface area (Å²) in [6.07, 6.45) is 2.00. The molecule has 0 saturated heterocycles. The number of hydrogen-bond acceptors (Lipinski definition) is 3. The second-order valence-electron chi connectivity index (χ2n) is 4.32. The molecule has 0 unspecified atom stereocenters. The molecule has 0 radical (unpaired) electrons. The zero-order chi connectivity index (χ0) is 14.4. The van der Waals surface area contributed by atoms with Crippen molar-refractivity contribution in [3.8, 4) is 23.0 Å². The van der Waals surface area contributed by atoms with E-state index >= 15 is 0 Å². The number of rotatable bonds is 0. The first-order valence-corrected chi connectivity index (χ1v) is 7.59. The van der Waals surface area contributed by atoms with Gasteiger partial charge in [0, 0.05) is 12.0 Å². The number of nitrogens with two attached hydrogens (primary N) is 1. The van der Waals surface area contributed by atoms with Crippen molar-refractivity contribution in [2.45, 2.75) is 12.8 Å². The molecule has 3 nitrogen and oxygen atoms in total. The first kappa shape index (κ1) is 14.7. The molecule has 0 amide bonds. The second kappa shape index (κ2) is 7.19. The van der Waals surface area contributed by atoms with Crippen LogP contribution < -0.4 is 5.50 Å². The van der Waals surface area contributed by atoms with Crippen molar-refractivity contribution in [2.24, 2.45) is 5.50 Å². The maximum atomic E-state index is 7.45. The van der Waals surface area contributed by atoms with E-state index in [9.17, 15) is 0 Å². The van der Waals surface area contributed by atoms with E-state index in [1.165, 1.54) is 16.7 Å². The third kappa shape index (κ3) is 3.90. The lowest BCUT2D eigenvalue weighted by Gasteiger charge is -2.12. The maximum Gasteiger partial charge on any atom is 0.247 e. The van der Waals surface area contributed by atoms with Crippen LogP contribution in [0.15, 0.2) is 48.5 Å². The minimum Gasteiger partial charge on any atom is -0.338 e. The van der Waals surface area contributed by atoms with Crippen molar-refractivity contribution in [3.63, 3.8) is 0 Å². The third-order valence-corrected chi connectivity index (χ3v) is 2.98. The molecule has 4 N–H and O–H groups in total. The number of hydrogen-bond donors (Lipinski definition) is 3. The topological polar surface area (TPSA) is 66.5 Å². The van der Waals surface area contributed by atoms with E-state index in [0.29, 0.717) is 0 Å². The Hall–Kier alpha value is -1.69. The molecule has 2 aromatic rings. The van der Waals surface area contributed by atoms with E-state index in [0.717, 1.165) is 18.4 Å². The molecule has 102 valence electrons. The van der Waals surface area contributed by atoms with Gasteiger partial charge >= 0.3 is 0 Å². The summed E-state index contributed by atoms with van der Waals surface area (Å²) in [5.74, 6) is 6.49. The maximum absolute atomic E-state index is 7.45. The van der Waals surface area contributed by atoms with Gasteiger partial charge in [-0.3, -0.25) is 5.50 Å². The summed E-state index contributed by atoms with van der Waals surface area (Å²) in [6.45, 7) is 0. The highest BCUT2D eigenvalue weighted by Crippen LogP contribution is 2.28. The summed E-state index contributed by atoms with van der Waals surface area (Å²) in [5.41, 5.74) is 9.45. The van der Waals surface area contributed by atoms with Gasteiger partial charge in [0.05, 0.1) is 0 Å². The summed E-state index contributed by atoms with van der Waals surface area (Å²) in [7, 11) is -2.12. The SMILES string of the molecule is C1#Cc2ccccc2-c2ccccc2CC1.NP(O)O. The van der Waals surface area contributed by atoms with Crippen LogP contribution in [0.4, 0.5) is 0 Å². The molecule has 3 rings (SSSR count). The van der Waals surface area contributed by atoms with Crippen molar-refractivity contribution in [3.05, 3.63) is 59.7 Å². The van der Waals surface area contributed by atoms with Crippen LogP contribution in [0.2, 0.25) is 0 Å². The highest BCUT2D eigenvalue weighted by molar-refractivity contribution is 7.42. The van der Waals surface area contributed by atoms with Gasteiger partial charge in [-0.05, 0) is 29.2 Å². The lowest BCUT2D eigenvalue weighted by atomic mass is 9.92. The summed E-state index contributed by atoms with van der Waals surface area (Å²) in [5, 5.41) is 0. The highest BCUT2D eigenvalue weighted by Gasteiger charge is 2.08. The van der Waals surface area contributed by atoms with E-state index in [1.807, 2.05) is 0 Å². The Morgan fingerprint density at radius 3 is 2.30 bits per heavy atom. The molecule has 20 heavy (non-hydrogen) atoms. The highest BCUT2D eigenvalue weighted by atomic mass is 31.2. The molecule has 0 atom stereocenters. The van der Waals surface area contributed by atoms with Gasteiger partial charge in [-0.1, -0.05) is 54.3 Å². The minimum atomic E-state index is -2.12. The van der Waals surface area contributed by atoms with Crippen molar-refractivity contribution in [2.75, 3.05) is 0 Å². The van der Waals surface area contributed by atoms with Gasteiger partial charge in [0.25, 0.3) is 0 Å². The molecule has 0 aromatic heterocycles. The van der Waals surface area contributed by atoms with Gasteiger partial charge in [-0.15, -0.1) is 0 Å². The molecule has 1 aliphatic carbocycles. The standard InChI is InChI=1S/C16H12.H4NO2P/c1-2-8-14-10-4-6-12-16(14)15-11-5-3-9-13(15)7-1;1-4(2)3/h3-6,9-12H,1,7H2;2-3H,1H2. The van der Waals surface area contributed by atoms with E-state index < -0.39 is 8.53 Å². The van der Waals surface area contributed by atoms with Crippen LogP contribution in [-0.4, -0.2) is 9.79 Å². The predicted octanol–water partition coefficient (Wildman–Crippen LogP) is 2.81. The number of benzene rings is 2. The van der Waals surface area contributed by atoms with E-state index in [4.69, 9.17) is 9.79 Å². The lowest BCUT2D eigenvalue weighted by molar-refractivity contribution is 0.485. The monoisotopic (exact) mass is 285 g/mol. The molecule has 4 heteroatoms. The summed E-state index contributed by atoms with van der Waals surface area (Å²) >= 11 is 0. The second-order valence-corrected chi connectivity index (χ2v) is 4.97. The average molecular weight is 285 g/mol. The Balaban J connectivity index is 0.000000328. The fraction of sp³-hybridized carbons (Fsp3) is 0.125. The van der Waals surface area contributed by atoms with Crippen molar-refractivity contribution >= 4 is 8.53 Å². The zero-order valence-corrected chi connectivity index (χ0v) is 11.8. The number of aryl methyl sites for hydroxylation is 1.